The van der Waals surface area contributed by atoms with Gasteiger partial charge in [0.15, 0.2) is 0 Å². The van der Waals surface area contributed by atoms with Crippen LogP contribution in [0.4, 0.5) is 0 Å². The SMILES string of the molecule is C=C(CC)CC(O)c1cc2c(s1)CCCCC2. The minimum Gasteiger partial charge on any atom is -0.387 e. The number of aliphatic hydroxyl groups is 1. The van der Waals surface area contributed by atoms with Crippen LogP contribution >= 0.6 is 11.3 Å². The molecule has 17 heavy (non-hydrogen) atoms. The first-order valence-electron chi connectivity index (χ1n) is 6.67. The highest BCUT2D eigenvalue weighted by atomic mass is 32.1. The van der Waals surface area contributed by atoms with Crippen LogP contribution in [-0.2, 0) is 12.8 Å². The summed E-state index contributed by atoms with van der Waals surface area (Å²) in [5.41, 5.74) is 2.63. The lowest BCUT2D eigenvalue weighted by molar-refractivity contribution is 0.181. The largest absolute Gasteiger partial charge is 0.387 e. The minimum atomic E-state index is -0.334. The van der Waals surface area contributed by atoms with Gasteiger partial charge >= 0.3 is 0 Å². The summed E-state index contributed by atoms with van der Waals surface area (Å²) in [5, 5.41) is 10.2. The van der Waals surface area contributed by atoms with Crippen molar-refractivity contribution in [3.8, 4) is 0 Å². The van der Waals surface area contributed by atoms with E-state index in [1.807, 2.05) is 11.3 Å². The van der Waals surface area contributed by atoms with E-state index in [0.29, 0.717) is 0 Å². The third-order valence-corrected chi connectivity index (χ3v) is 4.91. The molecular formula is C15H22OS. The van der Waals surface area contributed by atoms with E-state index in [2.05, 4.69) is 19.6 Å². The molecule has 2 rings (SSSR count). The second-order valence-electron chi connectivity index (χ2n) is 4.98. The van der Waals surface area contributed by atoms with Crippen molar-refractivity contribution in [3.05, 3.63) is 33.5 Å². The number of hydrogen-bond acceptors (Lipinski definition) is 2. The van der Waals surface area contributed by atoms with Crippen LogP contribution < -0.4 is 0 Å². The molecule has 1 aromatic heterocycles. The van der Waals surface area contributed by atoms with Crippen molar-refractivity contribution in [2.75, 3.05) is 0 Å². The average molecular weight is 250 g/mol. The Kier molecular flexibility index (Phi) is 4.41. The fourth-order valence-electron chi connectivity index (χ4n) is 2.37. The Morgan fingerprint density at radius 2 is 2.18 bits per heavy atom. The van der Waals surface area contributed by atoms with Crippen LogP contribution in [-0.4, -0.2) is 5.11 Å². The number of thiophene rings is 1. The molecule has 0 aromatic carbocycles. The van der Waals surface area contributed by atoms with Gasteiger partial charge in [0.2, 0.25) is 0 Å². The first-order valence-corrected chi connectivity index (χ1v) is 7.48. The lowest BCUT2D eigenvalue weighted by Gasteiger charge is -2.09. The highest BCUT2D eigenvalue weighted by Gasteiger charge is 2.17. The molecule has 1 aliphatic rings. The monoisotopic (exact) mass is 250 g/mol. The van der Waals surface area contributed by atoms with Crippen LogP contribution in [0.25, 0.3) is 0 Å². The summed E-state index contributed by atoms with van der Waals surface area (Å²) in [7, 11) is 0. The summed E-state index contributed by atoms with van der Waals surface area (Å²) in [6.45, 7) is 6.08. The maximum atomic E-state index is 10.2. The molecule has 94 valence electrons. The predicted octanol–water partition coefficient (Wildman–Crippen LogP) is 4.41. The van der Waals surface area contributed by atoms with E-state index in [4.69, 9.17) is 0 Å². The van der Waals surface area contributed by atoms with Crippen molar-refractivity contribution in [3.63, 3.8) is 0 Å². The summed E-state index contributed by atoms with van der Waals surface area (Å²) in [6, 6.07) is 2.24. The smallest absolute Gasteiger partial charge is 0.0919 e. The van der Waals surface area contributed by atoms with Gasteiger partial charge < -0.3 is 5.11 Å². The van der Waals surface area contributed by atoms with Crippen molar-refractivity contribution in [1.82, 2.24) is 0 Å². The topological polar surface area (TPSA) is 20.2 Å². The number of rotatable bonds is 4. The molecule has 1 N–H and O–H groups in total. The summed E-state index contributed by atoms with van der Waals surface area (Å²) < 4.78 is 0. The summed E-state index contributed by atoms with van der Waals surface area (Å²) in [5.74, 6) is 0. The Morgan fingerprint density at radius 3 is 2.94 bits per heavy atom. The third kappa shape index (κ3) is 3.20. The fourth-order valence-corrected chi connectivity index (χ4v) is 3.62. The van der Waals surface area contributed by atoms with Crippen LogP contribution in [0.2, 0.25) is 0 Å². The minimum absolute atomic E-state index is 0.334. The van der Waals surface area contributed by atoms with Crippen molar-refractivity contribution in [2.24, 2.45) is 0 Å². The van der Waals surface area contributed by atoms with E-state index in [1.54, 1.807) is 0 Å². The van der Waals surface area contributed by atoms with Crippen LogP contribution in [0.3, 0.4) is 0 Å². The molecule has 0 bridgehead atoms. The van der Waals surface area contributed by atoms with Crippen molar-refractivity contribution >= 4 is 11.3 Å². The molecule has 1 heterocycles. The molecule has 1 unspecified atom stereocenters. The summed E-state index contributed by atoms with van der Waals surface area (Å²) in [6.07, 6.45) is 7.73. The van der Waals surface area contributed by atoms with E-state index < -0.39 is 0 Å². The molecule has 1 nitrogen and oxygen atoms in total. The summed E-state index contributed by atoms with van der Waals surface area (Å²) >= 11 is 1.82. The summed E-state index contributed by atoms with van der Waals surface area (Å²) in [4.78, 5) is 2.66. The van der Waals surface area contributed by atoms with Crippen molar-refractivity contribution in [2.45, 2.75) is 58.0 Å². The Balaban J connectivity index is 2.09. The molecule has 0 radical (unpaired) electrons. The molecule has 0 amide bonds. The molecule has 1 atom stereocenters. The van der Waals surface area contributed by atoms with Crippen molar-refractivity contribution in [1.29, 1.82) is 0 Å². The lowest BCUT2D eigenvalue weighted by Crippen LogP contribution is -1.95. The molecule has 0 fully saturated rings. The Morgan fingerprint density at radius 1 is 1.41 bits per heavy atom. The van der Waals surface area contributed by atoms with E-state index in [9.17, 15) is 5.11 Å². The Bertz CT molecular complexity index is 368. The molecule has 2 heteroatoms. The van der Waals surface area contributed by atoms with E-state index in [1.165, 1.54) is 42.5 Å². The van der Waals surface area contributed by atoms with Gasteiger partial charge in [-0.3, -0.25) is 0 Å². The normalized spacial score (nSPS) is 17.3. The van der Waals surface area contributed by atoms with Gasteiger partial charge in [-0.05, 0) is 50.2 Å². The molecule has 1 aromatic rings. The van der Waals surface area contributed by atoms with Gasteiger partial charge in [0.25, 0.3) is 0 Å². The Hall–Kier alpha value is -0.600. The second kappa shape index (κ2) is 5.83. The Labute approximate surface area is 108 Å². The zero-order chi connectivity index (χ0) is 12.3. The highest BCUT2D eigenvalue weighted by Crippen LogP contribution is 2.34. The maximum Gasteiger partial charge on any atom is 0.0919 e. The van der Waals surface area contributed by atoms with Gasteiger partial charge in [-0.15, -0.1) is 11.3 Å². The zero-order valence-corrected chi connectivity index (χ0v) is 11.5. The van der Waals surface area contributed by atoms with Gasteiger partial charge in [0, 0.05) is 9.75 Å². The predicted molar refractivity (Wildman–Crippen MR) is 74.6 cm³/mol. The van der Waals surface area contributed by atoms with Crippen LogP contribution in [0.15, 0.2) is 18.2 Å². The van der Waals surface area contributed by atoms with Crippen molar-refractivity contribution < 1.29 is 5.11 Å². The number of aliphatic hydroxyl groups excluding tert-OH is 1. The molecule has 0 saturated heterocycles. The number of aryl methyl sites for hydroxylation is 2. The van der Waals surface area contributed by atoms with Gasteiger partial charge in [-0.25, -0.2) is 0 Å². The number of fused-ring (bicyclic) bond motifs is 1. The molecule has 0 saturated carbocycles. The van der Waals surface area contributed by atoms with E-state index >= 15 is 0 Å². The van der Waals surface area contributed by atoms with Crippen LogP contribution in [0.1, 0.15) is 60.4 Å². The van der Waals surface area contributed by atoms with E-state index in [-0.39, 0.29) is 6.10 Å². The van der Waals surface area contributed by atoms with Gasteiger partial charge in [-0.2, -0.15) is 0 Å². The first-order chi connectivity index (χ1) is 8.20. The average Bonchev–Trinajstić information content (AvgIpc) is 2.61. The quantitative estimate of drug-likeness (QED) is 0.620. The van der Waals surface area contributed by atoms with Crippen LogP contribution in [0, 0.1) is 0 Å². The molecular weight excluding hydrogens is 228 g/mol. The fraction of sp³-hybridized carbons (Fsp3) is 0.600. The lowest BCUT2D eigenvalue weighted by atomic mass is 10.1. The standard InChI is InChI=1S/C15H22OS/c1-3-11(2)9-13(16)15-10-12-7-5-4-6-8-14(12)17-15/h10,13,16H,2-9H2,1H3. The van der Waals surface area contributed by atoms with Gasteiger partial charge in [0.1, 0.15) is 0 Å². The third-order valence-electron chi connectivity index (χ3n) is 3.58. The molecule has 0 aliphatic heterocycles. The van der Waals surface area contributed by atoms with Gasteiger partial charge in [-0.1, -0.05) is 25.5 Å². The molecule has 1 aliphatic carbocycles. The second-order valence-corrected chi connectivity index (χ2v) is 6.15. The highest BCUT2D eigenvalue weighted by molar-refractivity contribution is 7.12. The van der Waals surface area contributed by atoms with Gasteiger partial charge in [0.05, 0.1) is 6.10 Å². The molecule has 0 spiro atoms. The number of hydrogen-bond donors (Lipinski definition) is 1. The van der Waals surface area contributed by atoms with Crippen LogP contribution in [0.5, 0.6) is 0 Å². The van der Waals surface area contributed by atoms with E-state index in [0.717, 1.165) is 23.3 Å². The first kappa shape index (κ1) is 12.8. The maximum absolute atomic E-state index is 10.2. The zero-order valence-electron chi connectivity index (χ0n) is 10.7.